The van der Waals surface area contributed by atoms with Crippen molar-refractivity contribution in [2.75, 3.05) is 18.5 Å². The van der Waals surface area contributed by atoms with Crippen molar-refractivity contribution in [1.82, 2.24) is 5.32 Å². The minimum atomic E-state index is -0.705. The van der Waals surface area contributed by atoms with Gasteiger partial charge in [-0.2, -0.15) is 0 Å². The molecule has 31 heavy (non-hydrogen) atoms. The summed E-state index contributed by atoms with van der Waals surface area (Å²) in [6.07, 6.45) is 0.968. The Morgan fingerprint density at radius 1 is 1.06 bits per heavy atom. The number of benzene rings is 1. The molecule has 0 radical (unpaired) electrons. The van der Waals surface area contributed by atoms with Crippen LogP contribution >= 0.6 is 0 Å². The second-order valence-corrected chi connectivity index (χ2v) is 7.76. The molecule has 0 aliphatic carbocycles. The highest BCUT2D eigenvalue weighted by atomic mass is 16.5. The first kappa shape index (κ1) is 24.3. The van der Waals surface area contributed by atoms with Crippen LogP contribution in [0.15, 0.2) is 28.7 Å². The molecule has 1 amide bonds. The third-order valence-electron chi connectivity index (χ3n) is 5.07. The highest BCUT2D eigenvalue weighted by molar-refractivity contribution is 6.10. The van der Waals surface area contributed by atoms with Gasteiger partial charge in [-0.05, 0) is 44.2 Å². The Labute approximate surface area is 183 Å². The Hall–Kier alpha value is -2.93. The number of ketones is 1. The van der Waals surface area contributed by atoms with Gasteiger partial charge in [0.1, 0.15) is 11.3 Å². The van der Waals surface area contributed by atoms with Crippen LogP contribution in [0.1, 0.15) is 78.3 Å². The molecule has 0 unspecified atom stereocenters. The number of hydrogen-bond donors (Lipinski definition) is 2. The van der Waals surface area contributed by atoms with E-state index in [4.69, 9.17) is 9.15 Å². The van der Waals surface area contributed by atoms with Gasteiger partial charge in [0.25, 0.3) is 0 Å². The number of anilines is 1. The lowest BCUT2D eigenvalue weighted by Gasteiger charge is -2.23. The normalized spacial score (nSPS) is 12.0. The largest absolute Gasteiger partial charge is 0.462 e. The zero-order valence-electron chi connectivity index (χ0n) is 19.1. The second kappa shape index (κ2) is 10.9. The molecule has 1 aromatic heterocycles. The van der Waals surface area contributed by atoms with E-state index in [9.17, 15) is 14.4 Å². The van der Waals surface area contributed by atoms with E-state index >= 15 is 0 Å². The van der Waals surface area contributed by atoms with Crippen LogP contribution in [0.5, 0.6) is 0 Å². The fourth-order valence-electron chi connectivity index (χ4n) is 3.53. The molecule has 1 heterocycles. The maximum Gasteiger partial charge on any atom is 0.344 e. The third kappa shape index (κ3) is 6.04. The zero-order valence-corrected chi connectivity index (χ0v) is 19.1. The monoisotopic (exact) mass is 428 g/mol. The summed E-state index contributed by atoms with van der Waals surface area (Å²) in [6, 6.07) is 8.30. The molecule has 0 bridgehead atoms. The summed E-state index contributed by atoms with van der Waals surface area (Å²) < 4.78 is 10.6. The highest BCUT2D eigenvalue weighted by Crippen LogP contribution is 2.28. The number of amides is 1. The number of rotatable bonds is 10. The molecule has 0 saturated carbocycles. The molecule has 7 nitrogen and oxygen atoms in total. The Kier molecular flexibility index (Phi) is 8.56. The number of aryl methyl sites for hydroxylation is 2. The van der Waals surface area contributed by atoms with Crippen molar-refractivity contribution >= 4 is 23.5 Å². The van der Waals surface area contributed by atoms with Gasteiger partial charge in [0.15, 0.2) is 5.78 Å². The van der Waals surface area contributed by atoms with E-state index < -0.39 is 5.97 Å². The first-order valence-electron chi connectivity index (χ1n) is 10.6. The Morgan fingerprint density at radius 2 is 1.71 bits per heavy atom. The summed E-state index contributed by atoms with van der Waals surface area (Å²) in [5, 5.41) is 5.88. The minimum absolute atomic E-state index is 0.00972. The van der Waals surface area contributed by atoms with Gasteiger partial charge in [0.2, 0.25) is 11.8 Å². The number of furan rings is 1. The van der Waals surface area contributed by atoms with Crippen LogP contribution in [0, 0.1) is 12.8 Å². The summed E-state index contributed by atoms with van der Waals surface area (Å²) in [5.74, 6) is -0.978. The zero-order chi connectivity index (χ0) is 23.1. The predicted octanol–water partition coefficient (Wildman–Crippen LogP) is 4.46. The highest BCUT2D eigenvalue weighted by Gasteiger charge is 2.29. The van der Waals surface area contributed by atoms with E-state index in [2.05, 4.69) is 55.7 Å². The third-order valence-corrected chi connectivity index (χ3v) is 5.07. The molecular formula is C24H32N2O5. The van der Waals surface area contributed by atoms with Crippen LogP contribution in [0.25, 0.3) is 0 Å². The topological polar surface area (TPSA) is 97.6 Å². The number of carbonyl (C=O) groups excluding carboxylic acids is 3. The molecule has 0 fully saturated rings. The number of carbonyl (C=O) groups is 3. The summed E-state index contributed by atoms with van der Waals surface area (Å²) >= 11 is 0. The number of Topliss-reactive ketones (excluding diaryl/α,β-unsaturated/α-hetero) is 1. The summed E-state index contributed by atoms with van der Waals surface area (Å²) in [6.45, 7) is 11.0. The first-order valence-corrected chi connectivity index (χ1v) is 10.6. The SMILES string of the molecule is CCOC(=O)c1c(NC(=O)CN[C@H](c2ccc(CC)cc2)C(C)C)oc(C)c1C(C)=O. The van der Waals surface area contributed by atoms with Gasteiger partial charge in [-0.15, -0.1) is 0 Å². The van der Waals surface area contributed by atoms with Gasteiger partial charge in [0, 0.05) is 6.04 Å². The fraction of sp³-hybridized carbons (Fsp3) is 0.458. The standard InChI is InChI=1S/C24H32N2O5/c1-7-17-9-11-18(12-10-17)22(14(3)4)25-13-19(28)26-23-21(24(29)30-8-2)20(15(5)27)16(6)31-23/h9-12,14,22,25H,7-8,13H2,1-6H3,(H,26,28)/t22-/m0/s1. The van der Waals surface area contributed by atoms with Crippen LogP contribution in [0.2, 0.25) is 0 Å². The average Bonchev–Trinajstić information content (AvgIpc) is 3.04. The van der Waals surface area contributed by atoms with Gasteiger partial charge in [-0.25, -0.2) is 4.79 Å². The van der Waals surface area contributed by atoms with Gasteiger partial charge >= 0.3 is 5.97 Å². The van der Waals surface area contributed by atoms with E-state index in [1.807, 2.05) is 0 Å². The molecule has 2 aromatic rings. The van der Waals surface area contributed by atoms with Crippen molar-refractivity contribution < 1.29 is 23.5 Å². The van der Waals surface area contributed by atoms with E-state index in [0.29, 0.717) is 0 Å². The molecular weight excluding hydrogens is 396 g/mol. The summed E-state index contributed by atoms with van der Waals surface area (Å²) in [7, 11) is 0. The molecule has 0 aliphatic rings. The average molecular weight is 429 g/mol. The van der Waals surface area contributed by atoms with Crippen molar-refractivity contribution in [3.05, 3.63) is 52.3 Å². The van der Waals surface area contributed by atoms with Crippen molar-refractivity contribution in [1.29, 1.82) is 0 Å². The van der Waals surface area contributed by atoms with E-state index in [1.54, 1.807) is 13.8 Å². The minimum Gasteiger partial charge on any atom is -0.462 e. The lowest BCUT2D eigenvalue weighted by atomic mass is 9.95. The fourth-order valence-corrected chi connectivity index (χ4v) is 3.53. The molecule has 1 aromatic carbocycles. The molecule has 1 atom stereocenters. The van der Waals surface area contributed by atoms with Gasteiger partial charge in [-0.1, -0.05) is 45.0 Å². The van der Waals surface area contributed by atoms with E-state index in [1.165, 1.54) is 12.5 Å². The predicted molar refractivity (Wildman–Crippen MR) is 119 cm³/mol. The maximum atomic E-state index is 12.6. The Balaban J connectivity index is 2.16. The van der Waals surface area contributed by atoms with Gasteiger partial charge < -0.3 is 14.5 Å². The van der Waals surface area contributed by atoms with E-state index in [0.717, 1.165) is 12.0 Å². The van der Waals surface area contributed by atoms with E-state index in [-0.39, 0.29) is 59.6 Å². The van der Waals surface area contributed by atoms with Gasteiger partial charge in [0.05, 0.1) is 18.7 Å². The summed E-state index contributed by atoms with van der Waals surface area (Å²) in [5.41, 5.74) is 2.43. The van der Waals surface area contributed by atoms with Crippen molar-refractivity contribution in [3.8, 4) is 0 Å². The first-order chi connectivity index (χ1) is 14.7. The van der Waals surface area contributed by atoms with Gasteiger partial charge in [-0.3, -0.25) is 14.9 Å². The number of ether oxygens (including phenoxy) is 1. The number of esters is 1. The molecule has 0 spiro atoms. The maximum absolute atomic E-state index is 12.6. The lowest BCUT2D eigenvalue weighted by molar-refractivity contribution is -0.115. The molecule has 7 heteroatoms. The molecule has 168 valence electrons. The van der Waals surface area contributed by atoms with Crippen molar-refractivity contribution in [3.63, 3.8) is 0 Å². The quantitative estimate of drug-likeness (QED) is 0.428. The molecule has 0 saturated heterocycles. The second-order valence-electron chi connectivity index (χ2n) is 7.76. The molecule has 0 aliphatic heterocycles. The lowest BCUT2D eigenvalue weighted by Crippen LogP contribution is -2.34. The Bertz CT molecular complexity index is 928. The van der Waals surface area contributed by atoms with Crippen molar-refractivity contribution in [2.45, 2.75) is 54.0 Å². The molecule has 2 rings (SSSR count). The van der Waals surface area contributed by atoms with Crippen LogP contribution in [-0.4, -0.2) is 30.8 Å². The Morgan fingerprint density at radius 3 is 2.23 bits per heavy atom. The molecule has 2 N–H and O–H groups in total. The smallest absolute Gasteiger partial charge is 0.344 e. The van der Waals surface area contributed by atoms with Crippen molar-refractivity contribution in [2.24, 2.45) is 5.92 Å². The van der Waals surface area contributed by atoms with Crippen LogP contribution in [0.3, 0.4) is 0 Å². The summed E-state index contributed by atoms with van der Waals surface area (Å²) in [4.78, 5) is 37.0. The number of hydrogen-bond acceptors (Lipinski definition) is 6. The van der Waals surface area contributed by atoms with Crippen LogP contribution in [0.4, 0.5) is 5.88 Å². The van der Waals surface area contributed by atoms with Crippen LogP contribution in [-0.2, 0) is 16.0 Å². The number of nitrogens with one attached hydrogen (secondary N) is 2. The van der Waals surface area contributed by atoms with Crippen LogP contribution < -0.4 is 10.6 Å².